The van der Waals surface area contributed by atoms with E-state index >= 15 is 0 Å². The van der Waals surface area contributed by atoms with Gasteiger partial charge in [-0.05, 0) is 36.1 Å². The Morgan fingerprint density at radius 1 is 1.25 bits per heavy atom. The second-order valence-electron chi connectivity index (χ2n) is 4.63. The summed E-state index contributed by atoms with van der Waals surface area (Å²) in [6.45, 7) is 4.45. The zero-order chi connectivity index (χ0) is 14.5. The molecule has 0 atom stereocenters. The fraction of sp³-hybridized carbons (Fsp3) is 0.250. The second kappa shape index (κ2) is 6.19. The highest BCUT2D eigenvalue weighted by Gasteiger charge is 2.14. The molecule has 1 heterocycles. The number of benzene rings is 1. The number of aromatic carboxylic acids is 1. The summed E-state index contributed by atoms with van der Waals surface area (Å²) in [5, 5.41) is 12.4. The molecule has 0 amide bonds. The molecule has 0 aliphatic carbocycles. The highest BCUT2D eigenvalue weighted by Crippen LogP contribution is 2.18. The second-order valence-corrected chi connectivity index (χ2v) is 4.63. The van der Waals surface area contributed by atoms with Crippen LogP contribution in [-0.4, -0.2) is 16.1 Å². The lowest BCUT2D eigenvalue weighted by Crippen LogP contribution is -2.10. The summed E-state index contributed by atoms with van der Waals surface area (Å²) in [4.78, 5) is 15.4. The SMILES string of the molecule is CCc1ccccc1CNc1nccc(C)c1C(=O)O. The lowest BCUT2D eigenvalue weighted by Gasteiger charge is -2.12. The van der Waals surface area contributed by atoms with Crippen LogP contribution in [0.3, 0.4) is 0 Å². The number of anilines is 1. The molecule has 4 nitrogen and oxygen atoms in total. The number of nitrogens with one attached hydrogen (secondary N) is 1. The Bertz CT molecular complexity index is 624. The van der Waals surface area contributed by atoms with Crippen molar-refractivity contribution in [2.24, 2.45) is 0 Å². The van der Waals surface area contributed by atoms with Crippen LogP contribution in [0.4, 0.5) is 5.82 Å². The first-order chi connectivity index (χ1) is 9.63. The number of rotatable bonds is 5. The maximum atomic E-state index is 11.3. The highest BCUT2D eigenvalue weighted by molar-refractivity contribution is 5.94. The topological polar surface area (TPSA) is 62.2 Å². The first-order valence-corrected chi connectivity index (χ1v) is 6.63. The number of hydrogen-bond acceptors (Lipinski definition) is 3. The number of hydrogen-bond donors (Lipinski definition) is 2. The number of carbonyl (C=O) groups is 1. The van der Waals surface area contributed by atoms with Crippen LogP contribution >= 0.6 is 0 Å². The van der Waals surface area contributed by atoms with Gasteiger partial charge in [-0.3, -0.25) is 0 Å². The zero-order valence-electron chi connectivity index (χ0n) is 11.7. The molecule has 4 heteroatoms. The third-order valence-electron chi connectivity index (χ3n) is 3.32. The number of nitrogens with zero attached hydrogens (tertiary/aromatic N) is 1. The summed E-state index contributed by atoms with van der Waals surface area (Å²) >= 11 is 0. The molecule has 1 aromatic heterocycles. The quantitative estimate of drug-likeness (QED) is 0.875. The molecule has 0 saturated carbocycles. The van der Waals surface area contributed by atoms with Gasteiger partial charge < -0.3 is 10.4 Å². The molecule has 0 saturated heterocycles. The molecular formula is C16H18N2O2. The zero-order valence-corrected chi connectivity index (χ0v) is 11.7. The molecule has 0 radical (unpaired) electrons. The maximum Gasteiger partial charge on any atom is 0.339 e. The number of carboxylic acid groups (broad SMARTS) is 1. The van der Waals surface area contributed by atoms with Crippen LogP contribution in [0.15, 0.2) is 36.5 Å². The van der Waals surface area contributed by atoms with Crippen LogP contribution in [0.1, 0.15) is 34.0 Å². The summed E-state index contributed by atoms with van der Waals surface area (Å²) in [5.74, 6) is -0.537. The summed E-state index contributed by atoms with van der Waals surface area (Å²) in [6, 6.07) is 9.82. The van der Waals surface area contributed by atoms with Crippen molar-refractivity contribution in [1.82, 2.24) is 4.98 Å². The summed E-state index contributed by atoms with van der Waals surface area (Å²) in [5.41, 5.74) is 3.36. The Hall–Kier alpha value is -2.36. The Balaban J connectivity index is 2.23. The third-order valence-corrected chi connectivity index (χ3v) is 3.32. The minimum absolute atomic E-state index is 0.237. The first-order valence-electron chi connectivity index (χ1n) is 6.63. The van der Waals surface area contributed by atoms with Crippen molar-refractivity contribution in [3.05, 3.63) is 58.8 Å². The van der Waals surface area contributed by atoms with E-state index in [1.165, 1.54) is 5.56 Å². The Morgan fingerprint density at radius 3 is 2.60 bits per heavy atom. The van der Waals surface area contributed by atoms with Gasteiger partial charge in [0.25, 0.3) is 0 Å². The fourth-order valence-corrected chi connectivity index (χ4v) is 2.22. The predicted octanol–water partition coefficient (Wildman–Crippen LogP) is 3.26. The normalized spacial score (nSPS) is 10.3. The molecule has 2 rings (SSSR count). The summed E-state index contributed by atoms with van der Waals surface area (Å²) in [7, 11) is 0. The molecule has 0 spiro atoms. The van der Waals surface area contributed by atoms with Gasteiger partial charge in [0.05, 0.1) is 0 Å². The van der Waals surface area contributed by atoms with E-state index in [2.05, 4.69) is 23.3 Å². The van der Waals surface area contributed by atoms with E-state index in [0.29, 0.717) is 17.9 Å². The predicted molar refractivity (Wildman–Crippen MR) is 79.1 cm³/mol. The first kappa shape index (κ1) is 14.1. The van der Waals surface area contributed by atoms with Gasteiger partial charge in [-0.1, -0.05) is 31.2 Å². The molecule has 0 aliphatic heterocycles. The summed E-state index contributed by atoms with van der Waals surface area (Å²) < 4.78 is 0. The molecule has 20 heavy (non-hydrogen) atoms. The number of aryl methyl sites for hydroxylation is 2. The Morgan fingerprint density at radius 2 is 1.95 bits per heavy atom. The number of carboxylic acids is 1. The Kier molecular flexibility index (Phi) is 4.35. The molecule has 0 unspecified atom stereocenters. The standard InChI is InChI=1S/C16H18N2O2/c1-3-12-6-4-5-7-13(12)10-18-15-14(16(19)20)11(2)8-9-17-15/h4-9H,3,10H2,1-2H3,(H,17,18)(H,19,20). The van der Waals surface area contributed by atoms with E-state index in [9.17, 15) is 9.90 Å². The van der Waals surface area contributed by atoms with Gasteiger partial charge >= 0.3 is 5.97 Å². The van der Waals surface area contributed by atoms with E-state index in [1.54, 1.807) is 19.2 Å². The lowest BCUT2D eigenvalue weighted by atomic mass is 10.1. The van der Waals surface area contributed by atoms with Gasteiger partial charge in [0, 0.05) is 12.7 Å². The molecule has 104 valence electrons. The molecule has 2 N–H and O–H groups in total. The highest BCUT2D eigenvalue weighted by atomic mass is 16.4. The van der Waals surface area contributed by atoms with Crippen LogP contribution < -0.4 is 5.32 Å². The monoisotopic (exact) mass is 270 g/mol. The minimum Gasteiger partial charge on any atom is -0.478 e. The van der Waals surface area contributed by atoms with Crippen molar-refractivity contribution in [1.29, 1.82) is 0 Å². The van der Waals surface area contributed by atoms with E-state index in [-0.39, 0.29) is 5.56 Å². The van der Waals surface area contributed by atoms with Crippen LogP contribution in [0.25, 0.3) is 0 Å². The van der Waals surface area contributed by atoms with Gasteiger partial charge in [-0.15, -0.1) is 0 Å². The van der Waals surface area contributed by atoms with Crippen LogP contribution in [0.5, 0.6) is 0 Å². The van der Waals surface area contributed by atoms with Crippen molar-refractivity contribution < 1.29 is 9.90 Å². The third kappa shape index (κ3) is 2.96. The van der Waals surface area contributed by atoms with Crippen LogP contribution in [0, 0.1) is 6.92 Å². The molecule has 2 aromatic rings. The fourth-order valence-electron chi connectivity index (χ4n) is 2.22. The minimum atomic E-state index is -0.957. The van der Waals surface area contributed by atoms with Crippen LogP contribution in [0.2, 0.25) is 0 Å². The largest absolute Gasteiger partial charge is 0.478 e. The average Bonchev–Trinajstić information content (AvgIpc) is 2.45. The lowest BCUT2D eigenvalue weighted by molar-refractivity contribution is 0.0697. The van der Waals surface area contributed by atoms with Crippen molar-refractivity contribution >= 4 is 11.8 Å². The summed E-state index contributed by atoms with van der Waals surface area (Å²) in [6.07, 6.45) is 2.57. The van der Waals surface area contributed by atoms with Gasteiger partial charge in [0.2, 0.25) is 0 Å². The van der Waals surface area contributed by atoms with Crippen molar-refractivity contribution in [2.75, 3.05) is 5.32 Å². The van der Waals surface area contributed by atoms with E-state index in [4.69, 9.17) is 0 Å². The van der Waals surface area contributed by atoms with Crippen molar-refractivity contribution in [2.45, 2.75) is 26.8 Å². The number of aromatic nitrogens is 1. The molecule has 0 aliphatic rings. The Labute approximate surface area is 118 Å². The van der Waals surface area contributed by atoms with Crippen molar-refractivity contribution in [3.8, 4) is 0 Å². The van der Waals surface area contributed by atoms with Gasteiger partial charge in [-0.2, -0.15) is 0 Å². The molecule has 0 bridgehead atoms. The molecule has 1 aromatic carbocycles. The van der Waals surface area contributed by atoms with Gasteiger partial charge in [-0.25, -0.2) is 9.78 Å². The average molecular weight is 270 g/mol. The molecular weight excluding hydrogens is 252 g/mol. The van der Waals surface area contributed by atoms with E-state index < -0.39 is 5.97 Å². The van der Waals surface area contributed by atoms with E-state index in [1.807, 2.05) is 18.2 Å². The van der Waals surface area contributed by atoms with Crippen molar-refractivity contribution in [3.63, 3.8) is 0 Å². The van der Waals surface area contributed by atoms with Crippen LogP contribution in [-0.2, 0) is 13.0 Å². The smallest absolute Gasteiger partial charge is 0.339 e. The van der Waals surface area contributed by atoms with Gasteiger partial charge in [0.15, 0.2) is 0 Å². The van der Waals surface area contributed by atoms with E-state index in [0.717, 1.165) is 12.0 Å². The molecule has 0 fully saturated rings. The number of pyridine rings is 1. The maximum absolute atomic E-state index is 11.3. The van der Waals surface area contributed by atoms with Gasteiger partial charge in [0.1, 0.15) is 11.4 Å².